The standard InChI is InChI=1S/C10H12FN3O4/c1-18-9(5-12)10(15)13-7-2-6(11)3-8(4-7)14(16)17/h2-4,9H,5,12H2,1H3,(H,13,15). The molecule has 0 bridgehead atoms. The van der Waals surface area contributed by atoms with Gasteiger partial charge in [0, 0.05) is 19.7 Å². The number of non-ortho nitro benzene ring substituents is 1. The number of hydrogen-bond acceptors (Lipinski definition) is 5. The molecule has 7 nitrogen and oxygen atoms in total. The number of nitrogens with two attached hydrogens (primary N) is 1. The quantitative estimate of drug-likeness (QED) is 0.594. The lowest BCUT2D eigenvalue weighted by molar-refractivity contribution is -0.385. The summed E-state index contributed by atoms with van der Waals surface area (Å²) in [5.74, 6) is -1.42. The van der Waals surface area contributed by atoms with Gasteiger partial charge in [-0.15, -0.1) is 0 Å². The highest BCUT2D eigenvalue weighted by Gasteiger charge is 2.17. The van der Waals surface area contributed by atoms with Gasteiger partial charge in [-0.3, -0.25) is 14.9 Å². The maximum absolute atomic E-state index is 13.1. The zero-order valence-electron chi connectivity index (χ0n) is 9.55. The van der Waals surface area contributed by atoms with Crippen molar-refractivity contribution in [3.8, 4) is 0 Å². The molecule has 18 heavy (non-hydrogen) atoms. The van der Waals surface area contributed by atoms with E-state index in [4.69, 9.17) is 10.5 Å². The molecule has 1 unspecified atom stereocenters. The number of nitrogens with one attached hydrogen (secondary N) is 1. The first-order valence-corrected chi connectivity index (χ1v) is 4.96. The van der Waals surface area contributed by atoms with Gasteiger partial charge < -0.3 is 15.8 Å². The van der Waals surface area contributed by atoms with Gasteiger partial charge in [0.05, 0.1) is 16.7 Å². The highest BCUT2D eigenvalue weighted by molar-refractivity contribution is 5.94. The Bertz CT molecular complexity index is 462. The highest BCUT2D eigenvalue weighted by atomic mass is 19.1. The van der Waals surface area contributed by atoms with E-state index in [9.17, 15) is 19.3 Å². The van der Waals surface area contributed by atoms with Crippen molar-refractivity contribution in [1.29, 1.82) is 0 Å². The van der Waals surface area contributed by atoms with Gasteiger partial charge >= 0.3 is 0 Å². The Morgan fingerprint density at radius 1 is 1.61 bits per heavy atom. The second-order valence-corrected chi connectivity index (χ2v) is 3.40. The second-order valence-electron chi connectivity index (χ2n) is 3.40. The van der Waals surface area contributed by atoms with Crippen LogP contribution in [0.25, 0.3) is 0 Å². The molecule has 3 N–H and O–H groups in total. The summed E-state index contributed by atoms with van der Waals surface area (Å²) in [6.45, 7) is -0.0558. The largest absolute Gasteiger partial charge is 0.370 e. The Balaban J connectivity index is 2.90. The molecule has 1 amide bonds. The number of nitro groups is 1. The third kappa shape index (κ3) is 3.47. The molecule has 98 valence electrons. The van der Waals surface area contributed by atoms with Crippen LogP contribution >= 0.6 is 0 Å². The van der Waals surface area contributed by atoms with E-state index in [1.165, 1.54) is 7.11 Å². The minimum Gasteiger partial charge on any atom is -0.370 e. The summed E-state index contributed by atoms with van der Waals surface area (Å²) in [5, 5.41) is 12.8. The van der Waals surface area contributed by atoms with Crippen LogP contribution in [-0.4, -0.2) is 30.6 Å². The third-order valence-corrected chi connectivity index (χ3v) is 2.15. The summed E-state index contributed by atoms with van der Waals surface area (Å²) >= 11 is 0. The van der Waals surface area contributed by atoms with Crippen LogP contribution in [0.1, 0.15) is 0 Å². The van der Waals surface area contributed by atoms with Crippen molar-refractivity contribution in [3.05, 3.63) is 34.1 Å². The van der Waals surface area contributed by atoms with Crippen LogP contribution in [0.3, 0.4) is 0 Å². The Kier molecular flexibility index (Phi) is 4.69. The number of carbonyl (C=O) groups is 1. The van der Waals surface area contributed by atoms with E-state index in [2.05, 4.69) is 5.32 Å². The molecular formula is C10H12FN3O4. The summed E-state index contributed by atoms with van der Waals surface area (Å²) in [7, 11) is 1.30. The van der Waals surface area contributed by atoms with E-state index in [0.717, 1.165) is 18.2 Å². The molecular weight excluding hydrogens is 245 g/mol. The van der Waals surface area contributed by atoms with E-state index in [1.54, 1.807) is 0 Å². The molecule has 0 fully saturated rings. The van der Waals surface area contributed by atoms with Crippen LogP contribution in [0, 0.1) is 15.9 Å². The van der Waals surface area contributed by atoms with Crippen LogP contribution in [0.4, 0.5) is 15.8 Å². The van der Waals surface area contributed by atoms with Gasteiger partial charge in [-0.1, -0.05) is 0 Å². The minimum absolute atomic E-state index is 0.0257. The van der Waals surface area contributed by atoms with Gasteiger partial charge in [-0.25, -0.2) is 4.39 Å². The van der Waals surface area contributed by atoms with Gasteiger partial charge in [0.2, 0.25) is 0 Å². The molecule has 0 aromatic heterocycles. The summed E-state index contributed by atoms with van der Waals surface area (Å²) in [6.07, 6.45) is -0.896. The first kappa shape index (κ1) is 14.0. The molecule has 0 aliphatic heterocycles. The predicted molar refractivity (Wildman–Crippen MR) is 61.5 cm³/mol. The van der Waals surface area contributed by atoms with E-state index in [1.807, 2.05) is 0 Å². The Labute approximate surface area is 102 Å². The summed E-state index contributed by atoms with van der Waals surface area (Å²) in [6, 6.07) is 2.77. The fourth-order valence-corrected chi connectivity index (χ4v) is 1.28. The topological polar surface area (TPSA) is 107 Å². The van der Waals surface area contributed by atoms with Crippen LogP contribution in [-0.2, 0) is 9.53 Å². The first-order valence-electron chi connectivity index (χ1n) is 4.96. The molecule has 0 saturated carbocycles. The number of rotatable bonds is 5. The maximum atomic E-state index is 13.1. The number of methoxy groups -OCH3 is 1. The van der Waals surface area contributed by atoms with E-state index in [0.29, 0.717) is 0 Å². The number of carbonyl (C=O) groups excluding carboxylic acids is 1. The molecule has 8 heteroatoms. The summed E-state index contributed by atoms with van der Waals surface area (Å²) < 4.78 is 17.9. The van der Waals surface area contributed by atoms with Crippen molar-refractivity contribution in [2.75, 3.05) is 19.0 Å². The molecule has 0 radical (unpaired) electrons. The zero-order valence-corrected chi connectivity index (χ0v) is 9.55. The van der Waals surface area contributed by atoms with Crippen molar-refractivity contribution in [2.45, 2.75) is 6.10 Å². The molecule has 0 aliphatic carbocycles. The Morgan fingerprint density at radius 3 is 2.78 bits per heavy atom. The van der Waals surface area contributed by atoms with Crippen molar-refractivity contribution >= 4 is 17.3 Å². The van der Waals surface area contributed by atoms with E-state index in [-0.39, 0.29) is 12.2 Å². The highest BCUT2D eigenvalue weighted by Crippen LogP contribution is 2.20. The van der Waals surface area contributed by atoms with Gasteiger partial charge in [-0.05, 0) is 6.07 Å². The lowest BCUT2D eigenvalue weighted by Crippen LogP contribution is -2.35. The lowest BCUT2D eigenvalue weighted by atomic mass is 10.2. The fraction of sp³-hybridized carbons (Fsp3) is 0.300. The van der Waals surface area contributed by atoms with Crippen LogP contribution in [0.2, 0.25) is 0 Å². The minimum atomic E-state index is -0.896. The number of nitro benzene ring substituents is 1. The normalized spacial score (nSPS) is 11.9. The van der Waals surface area contributed by atoms with Gasteiger partial charge in [-0.2, -0.15) is 0 Å². The molecule has 1 aromatic rings. The van der Waals surface area contributed by atoms with Crippen LogP contribution in [0.15, 0.2) is 18.2 Å². The summed E-state index contributed by atoms with van der Waals surface area (Å²) in [5.41, 5.74) is 4.80. The van der Waals surface area contributed by atoms with E-state index >= 15 is 0 Å². The van der Waals surface area contributed by atoms with Crippen molar-refractivity contribution < 1.29 is 18.8 Å². The molecule has 0 spiro atoms. The number of nitrogens with zero attached hydrogens (tertiary/aromatic N) is 1. The van der Waals surface area contributed by atoms with Crippen LogP contribution in [0.5, 0.6) is 0 Å². The Hall–Kier alpha value is -2.06. The molecule has 0 heterocycles. The SMILES string of the molecule is COC(CN)C(=O)Nc1cc(F)cc([N+](=O)[O-])c1. The van der Waals surface area contributed by atoms with Crippen molar-refractivity contribution in [2.24, 2.45) is 5.73 Å². The smallest absolute Gasteiger partial charge is 0.274 e. The number of amides is 1. The second kappa shape index (κ2) is 6.03. The lowest BCUT2D eigenvalue weighted by Gasteiger charge is -2.12. The summed E-state index contributed by atoms with van der Waals surface area (Å²) in [4.78, 5) is 21.3. The number of anilines is 1. The van der Waals surface area contributed by atoms with Gasteiger partial charge in [0.1, 0.15) is 11.9 Å². The Morgan fingerprint density at radius 2 is 2.28 bits per heavy atom. The fourth-order valence-electron chi connectivity index (χ4n) is 1.28. The molecule has 1 atom stereocenters. The van der Waals surface area contributed by atoms with E-state index < -0.39 is 28.4 Å². The van der Waals surface area contributed by atoms with Gasteiger partial charge in [0.15, 0.2) is 0 Å². The average Bonchev–Trinajstić information content (AvgIpc) is 2.29. The first-order chi connectivity index (χ1) is 8.47. The maximum Gasteiger partial charge on any atom is 0.274 e. The zero-order chi connectivity index (χ0) is 13.7. The molecule has 1 aromatic carbocycles. The van der Waals surface area contributed by atoms with Gasteiger partial charge in [0.25, 0.3) is 11.6 Å². The molecule has 0 saturated heterocycles. The number of ether oxygens (including phenoxy) is 1. The number of halogens is 1. The average molecular weight is 257 g/mol. The number of hydrogen-bond donors (Lipinski definition) is 2. The number of benzene rings is 1. The predicted octanol–water partition coefficient (Wildman–Crippen LogP) is 0.646. The van der Waals surface area contributed by atoms with Crippen LogP contribution < -0.4 is 11.1 Å². The third-order valence-electron chi connectivity index (χ3n) is 2.15. The monoisotopic (exact) mass is 257 g/mol. The molecule has 0 aliphatic rings. The van der Waals surface area contributed by atoms with Crippen molar-refractivity contribution in [3.63, 3.8) is 0 Å². The van der Waals surface area contributed by atoms with Crippen molar-refractivity contribution in [1.82, 2.24) is 0 Å². The molecule has 1 rings (SSSR count).